The van der Waals surface area contributed by atoms with E-state index in [0.717, 1.165) is 10.5 Å². The van der Waals surface area contributed by atoms with Crippen LogP contribution in [0.2, 0.25) is 0 Å². The fourth-order valence-electron chi connectivity index (χ4n) is 2.20. The highest BCUT2D eigenvalue weighted by Gasteiger charge is 2.18. The van der Waals surface area contributed by atoms with E-state index in [1.54, 1.807) is 25.1 Å². The highest BCUT2D eigenvalue weighted by molar-refractivity contribution is 8.00. The van der Waals surface area contributed by atoms with Crippen LogP contribution in [0.1, 0.15) is 22.8 Å². The van der Waals surface area contributed by atoms with Crippen molar-refractivity contribution in [1.82, 2.24) is 10.9 Å². The number of fused-ring (bicyclic) bond motifs is 1. The zero-order valence-corrected chi connectivity index (χ0v) is 14.7. The Labute approximate surface area is 149 Å². The van der Waals surface area contributed by atoms with Crippen LogP contribution in [0.4, 0.5) is 0 Å². The molecule has 0 fully saturated rings. The van der Waals surface area contributed by atoms with Crippen LogP contribution in [-0.2, 0) is 4.79 Å². The summed E-state index contributed by atoms with van der Waals surface area (Å²) in [5, 5.41) is -0.347. The van der Waals surface area contributed by atoms with Gasteiger partial charge in [-0.1, -0.05) is 17.7 Å². The van der Waals surface area contributed by atoms with Crippen LogP contribution in [0.5, 0.6) is 11.5 Å². The van der Waals surface area contributed by atoms with Gasteiger partial charge in [-0.3, -0.25) is 20.4 Å². The molecular weight excluding hydrogens is 340 g/mol. The SMILES string of the molecule is Cc1ccc(S[C@@H](C)C(=O)NNC(=O)c2ccc3c(c2)OCO3)cc1. The molecule has 2 amide bonds. The summed E-state index contributed by atoms with van der Waals surface area (Å²) in [6.07, 6.45) is 0. The van der Waals surface area contributed by atoms with Gasteiger partial charge in [0.05, 0.1) is 5.25 Å². The molecule has 6 nitrogen and oxygen atoms in total. The number of ether oxygens (including phenoxy) is 2. The number of carbonyl (C=O) groups is 2. The Bertz CT molecular complexity index is 792. The summed E-state index contributed by atoms with van der Waals surface area (Å²) < 4.78 is 10.4. The molecule has 0 saturated heterocycles. The summed E-state index contributed by atoms with van der Waals surface area (Å²) >= 11 is 1.42. The van der Waals surface area contributed by atoms with Gasteiger partial charge in [0.2, 0.25) is 6.79 Å². The predicted molar refractivity (Wildman–Crippen MR) is 94.7 cm³/mol. The first kappa shape index (κ1) is 17.2. The normalized spacial score (nSPS) is 13.2. The van der Waals surface area contributed by atoms with Crippen LogP contribution in [0, 0.1) is 6.92 Å². The maximum atomic E-state index is 12.1. The molecule has 0 saturated carbocycles. The number of amides is 2. The molecule has 7 heteroatoms. The van der Waals surface area contributed by atoms with Crippen LogP contribution in [0.3, 0.4) is 0 Å². The standard InChI is InChI=1S/C18H18N2O4S/c1-11-3-6-14(7-4-11)25-12(2)17(21)19-20-18(22)13-5-8-15-16(9-13)24-10-23-15/h3-9,12H,10H2,1-2H3,(H,19,21)(H,20,22)/t12-/m0/s1. The third-order valence-corrected chi connectivity index (χ3v) is 4.75. The van der Waals surface area contributed by atoms with Crippen molar-refractivity contribution in [2.24, 2.45) is 0 Å². The molecule has 3 rings (SSSR count). The lowest BCUT2D eigenvalue weighted by Crippen LogP contribution is -2.44. The first-order valence-electron chi connectivity index (χ1n) is 7.76. The third kappa shape index (κ3) is 4.24. The Morgan fingerprint density at radius 1 is 1.04 bits per heavy atom. The summed E-state index contributed by atoms with van der Waals surface area (Å²) in [6, 6.07) is 12.8. The van der Waals surface area contributed by atoms with Crippen LogP contribution in [0.15, 0.2) is 47.4 Å². The summed E-state index contributed by atoms with van der Waals surface area (Å²) in [5.41, 5.74) is 6.41. The van der Waals surface area contributed by atoms with E-state index in [2.05, 4.69) is 10.9 Å². The molecule has 1 aliphatic heterocycles. The van der Waals surface area contributed by atoms with E-state index >= 15 is 0 Å². The molecule has 2 aromatic rings. The van der Waals surface area contributed by atoms with Gasteiger partial charge in [-0.25, -0.2) is 0 Å². The van der Waals surface area contributed by atoms with Gasteiger partial charge in [0.25, 0.3) is 11.8 Å². The zero-order valence-electron chi connectivity index (χ0n) is 13.9. The van der Waals surface area contributed by atoms with Crippen molar-refractivity contribution in [2.45, 2.75) is 24.0 Å². The number of thioether (sulfide) groups is 1. The molecule has 0 bridgehead atoms. The average Bonchev–Trinajstić information content (AvgIpc) is 3.08. The molecule has 0 unspecified atom stereocenters. The first-order chi connectivity index (χ1) is 12.0. The van der Waals surface area contributed by atoms with E-state index in [-0.39, 0.29) is 18.0 Å². The van der Waals surface area contributed by atoms with Gasteiger partial charge in [0.15, 0.2) is 11.5 Å². The summed E-state index contributed by atoms with van der Waals surface area (Å²) in [4.78, 5) is 25.3. The molecule has 0 radical (unpaired) electrons. The molecule has 2 N–H and O–H groups in total. The molecule has 0 aliphatic carbocycles. The zero-order chi connectivity index (χ0) is 17.8. The maximum absolute atomic E-state index is 12.1. The summed E-state index contributed by atoms with van der Waals surface area (Å²) in [6.45, 7) is 3.94. The second kappa shape index (κ2) is 7.48. The van der Waals surface area contributed by atoms with Crippen LogP contribution in [-0.4, -0.2) is 23.9 Å². The van der Waals surface area contributed by atoms with E-state index in [1.165, 1.54) is 11.8 Å². The smallest absolute Gasteiger partial charge is 0.269 e. The van der Waals surface area contributed by atoms with Gasteiger partial charge >= 0.3 is 0 Å². The van der Waals surface area contributed by atoms with E-state index < -0.39 is 5.91 Å². The lowest BCUT2D eigenvalue weighted by molar-refractivity contribution is -0.121. The molecule has 1 heterocycles. The van der Waals surface area contributed by atoms with E-state index in [4.69, 9.17) is 9.47 Å². The van der Waals surface area contributed by atoms with Crippen molar-refractivity contribution in [3.05, 3.63) is 53.6 Å². The quantitative estimate of drug-likeness (QED) is 0.649. The molecule has 25 heavy (non-hydrogen) atoms. The van der Waals surface area contributed by atoms with Crippen molar-refractivity contribution >= 4 is 23.6 Å². The number of rotatable bonds is 4. The Morgan fingerprint density at radius 2 is 1.76 bits per heavy atom. The van der Waals surface area contributed by atoms with Gasteiger partial charge in [0, 0.05) is 10.5 Å². The van der Waals surface area contributed by atoms with E-state index in [0.29, 0.717) is 17.1 Å². The summed E-state index contributed by atoms with van der Waals surface area (Å²) in [5.74, 6) is 0.421. The lowest BCUT2D eigenvalue weighted by Gasteiger charge is -2.13. The Hall–Kier alpha value is -2.67. The van der Waals surface area contributed by atoms with Crippen molar-refractivity contribution in [2.75, 3.05) is 6.79 Å². The number of benzene rings is 2. The fraction of sp³-hybridized carbons (Fsp3) is 0.222. The lowest BCUT2D eigenvalue weighted by atomic mass is 10.2. The number of aryl methyl sites for hydroxylation is 1. The van der Waals surface area contributed by atoms with Crippen LogP contribution in [0.25, 0.3) is 0 Å². The number of hydrazine groups is 1. The first-order valence-corrected chi connectivity index (χ1v) is 8.64. The van der Waals surface area contributed by atoms with Crippen molar-refractivity contribution in [3.8, 4) is 11.5 Å². The Morgan fingerprint density at radius 3 is 2.52 bits per heavy atom. The minimum atomic E-state index is -0.417. The number of carbonyl (C=O) groups excluding carboxylic acids is 2. The number of hydrogen-bond acceptors (Lipinski definition) is 5. The Kier molecular flexibility index (Phi) is 5.14. The van der Waals surface area contributed by atoms with Gasteiger partial charge in [-0.05, 0) is 44.2 Å². The molecule has 1 atom stereocenters. The molecule has 130 valence electrons. The Balaban J connectivity index is 1.52. The maximum Gasteiger partial charge on any atom is 0.269 e. The van der Waals surface area contributed by atoms with Gasteiger partial charge < -0.3 is 9.47 Å². The fourth-order valence-corrected chi connectivity index (χ4v) is 3.07. The minimum absolute atomic E-state index is 0.144. The predicted octanol–water partition coefficient (Wildman–Crippen LogP) is 2.67. The second-order valence-electron chi connectivity index (χ2n) is 5.58. The van der Waals surface area contributed by atoms with Gasteiger partial charge in [-0.2, -0.15) is 0 Å². The monoisotopic (exact) mass is 358 g/mol. The van der Waals surface area contributed by atoms with Crippen molar-refractivity contribution in [3.63, 3.8) is 0 Å². The number of hydrogen-bond donors (Lipinski definition) is 2. The highest BCUT2D eigenvalue weighted by Crippen LogP contribution is 2.32. The largest absolute Gasteiger partial charge is 0.454 e. The van der Waals surface area contributed by atoms with Crippen molar-refractivity contribution < 1.29 is 19.1 Å². The molecule has 2 aromatic carbocycles. The van der Waals surface area contributed by atoms with Gasteiger partial charge in [0.1, 0.15) is 0 Å². The second-order valence-corrected chi connectivity index (χ2v) is 7.00. The van der Waals surface area contributed by atoms with Crippen LogP contribution >= 0.6 is 11.8 Å². The molecule has 0 spiro atoms. The highest BCUT2D eigenvalue weighted by atomic mass is 32.2. The van der Waals surface area contributed by atoms with Gasteiger partial charge in [-0.15, -0.1) is 11.8 Å². The number of nitrogens with one attached hydrogen (secondary N) is 2. The van der Waals surface area contributed by atoms with Crippen LogP contribution < -0.4 is 20.3 Å². The average molecular weight is 358 g/mol. The van der Waals surface area contributed by atoms with Crippen molar-refractivity contribution in [1.29, 1.82) is 0 Å². The molecule has 0 aromatic heterocycles. The molecule has 1 aliphatic rings. The third-order valence-electron chi connectivity index (χ3n) is 3.64. The minimum Gasteiger partial charge on any atom is -0.454 e. The van der Waals surface area contributed by atoms with E-state index in [9.17, 15) is 9.59 Å². The summed E-state index contributed by atoms with van der Waals surface area (Å²) in [7, 11) is 0. The topological polar surface area (TPSA) is 76.7 Å². The van der Waals surface area contributed by atoms with E-state index in [1.807, 2.05) is 31.2 Å². The molecular formula is C18H18N2O4S.